The van der Waals surface area contributed by atoms with E-state index in [1.165, 1.54) is 38.5 Å². The lowest BCUT2D eigenvalue weighted by Crippen LogP contribution is -2.36. The number of hydrogen-bond acceptors (Lipinski definition) is 2. The van der Waals surface area contributed by atoms with Crippen LogP contribution in [0.1, 0.15) is 70.6 Å². The topological polar surface area (TPSA) is 49.3 Å². The van der Waals surface area contributed by atoms with Crippen molar-refractivity contribution in [1.29, 1.82) is 0 Å². The summed E-state index contributed by atoms with van der Waals surface area (Å²) in [6.45, 7) is 0.671. The van der Waals surface area contributed by atoms with Crippen LogP contribution in [-0.4, -0.2) is 23.7 Å². The molecule has 110 valence electrons. The third-order valence-electron chi connectivity index (χ3n) is 4.93. The van der Waals surface area contributed by atoms with E-state index in [1.54, 1.807) is 0 Å². The van der Waals surface area contributed by atoms with Crippen molar-refractivity contribution < 1.29 is 9.90 Å². The Balaban J connectivity index is 1.58. The molecule has 2 aliphatic rings. The summed E-state index contributed by atoms with van der Waals surface area (Å²) < 4.78 is 0. The van der Waals surface area contributed by atoms with E-state index in [-0.39, 0.29) is 17.9 Å². The van der Waals surface area contributed by atoms with Crippen molar-refractivity contribution in [3.8, 4) is 0 Å². The molecular formula is C16H29NO2. The molecule has 2 atom stereocenters. The molecule has 0 aromatic heterocycles. The minimum absolute atomic E-state index is 0.184. The van der Waals surface area contributed by atoms with Crippen molar-refractivity contribution in [2.75, 3.05) is 6.54 Å². The molecule has 2 N–H and O–H groups in total. The van der Waals surface area contributed by atoms with Crippen LogP contribution in [0.2, 0.25) is 0 Å². The van der Waals surface area contributed by atoms with Gasteiger partial charge in [-0.1, -0.05) is 44.9 Å². The number of aliphatic hydroxyl groups excluding tert-OH is 1. The van der Waals surface area contributed by atoms with Crippen molar-refractivity contribution >= 4 is 5.91 Å². The molecule has 3 nitrogen and oxygen atoms in total. The summed E-state index contributed by atoms with van der Waals surface area (Å²) in [7, 11) is 0. The van der Waals surface area contributed by atoms with E-state index in [1.807, 2.05) is 0 Å². The maximum Gasteiger partial charge on any atom is 0.220 e. The smallest absolute Gasteiger partial charge is 0.220 e. The first-order valence-electron chi connectivity index (χ1n) is 8.20. The predicted molar refractivity (Wildman–Crippen MR) is 76.8 cm³/mol. The molecule has 0 radical (unpaired) electrons. The van der Waals surface area contributed by atoms with Crippen molar-refractivity contribution in [3.63, 3.8) is 0 Å². The monoisotopic (exact) mass is 267 g/mol. The second kappa shape index (κ2) is 7.88. The normalized spacial score (nSPS) is 29.1. The second-order valence-electron chi connectivity index (χ2n) is 6.46. The van der Waals surface area contributed by atoms with Gasteiger partial charge in [-0.15, -0.1) is 0 Å². The van der Waals surface area contributed by atoms with Gasteiger partial charge in [0.05, 0.1) is 6.10 Å². The molecule has 2 saturated carbocycles. The summed E-state index contributed by atoms with van der Waals surface area (Å²) in [4.78, 5) is 11.8. The lowest BCUT2D eigenvalue weighted by Gasteiger charge is -2.27. The summed E-state index contributed by atoms with van der Waals surface area (Å²) in [6, 6.07) is 0. The number of rotatable bonds is 5. The van der Waals surface area contributed by atoms with Gasteiger partial charge in [0.15, 0.2) is 0 Å². The van der Waals surface area contributed by atoms with Crippen LogP contribution >= 0.6 is 0 Å². The van der Waals surface area contributed by atoms with Crippen molar-refractivity contribution in [2.45, 2.75) is 76.7 Å². The van der Waals surface area contributed by atoms with Gasteiger partial charge in [-0.3, -0.25) is 4.79 Å². The molecule has 2 fully saturated rings. The molecule has 2 aliphatic carbocycles. The van der Waals surface area contributed by atoms with E-state index in [2.05, 4.69) is 5.32 Å². The van der Waals surface area contributed by atoms with Crippen LogP contribution in [-0.2, 0) is 4.79 Å². The first kappa shape index (κ1) is 14.8. The van der Waals surface area contributed by atoms with Crippen molar-refractivity contribution in [2.24, 2.45) is 11.8 Å². The number of carbonyl (C=O) groups is 1. The molecule has 0 bridgehead atoms. The minimum Gasteiger partial charge on any atom is -0.393 e. The molecule has 0 saturated heterocycles. The van der Waals surface area contributed by atoms with Crippen LogP contribution in [0, 0.1) is 11.8 Å². The number of nitrogens with one attached hydrogen (secondary N) is 1. The number of hydrogen-bond donors (Lipinski definition) is 2. The van der Waals surface area contributed by atoms with Gasteiger partial charge in [0.2, 0.25) is 5.91 Å². The molecule has 2 rings (SSSR count). The molecule has 1 amide bonds. The Labute approximate surface area is 117 Å². The zero-order valence-electron chi connectivity index (χ0n) is 12.1. The predicted octanol–water partition coefficient (Wildman–Crippen LogP) is 3.01. The largest absolute Gasteiger partial charge is 0.393 e. The van der Waals surface area contributed by atoms with Gasteiger partial charge in [0.1, 0.15) is 0 Å². The summed E-state index contributed by atoms with van der Waals surface area (Å²) in [5, 5.41) is 12.9. The lowest BCUT2D eigenvalue weighted by molar-refractivity contribution is -0.121. The summed E-state index contributed by atoms with van der Waals surface area (Å²) >= 11 is 0. The zero-order valence-corrected chi connectivity index (χ0v) is 12.1. The summed E-state index contributed by atoms with van der Waals surface area (Å²) in [5.41, 5.74) is 0. The van der Waals surface area contributed by atoms with E-state index >= 15 is 0 Å². The maximum absolute atomic E-state index is 11.8. The van der Waals surface area contributed by atoms with E-state index < -0.39 is 0 Å². The molecule has 3 heteroatoms. The fourth-order valence-corrected chi connectivity index (χ4v) is 3.57. The van der Waals surface area contributed by atoms with Gasteiger partial charge < -0.3 is 10.4 Å². The van der Waals surface area contributed by atoms with Gasteiger partial charge in [0, 0.05) is 18.9 Å². The first-order chi connectivity index (χ1) is 9.25. The Hall–Kier alpha value is -0.570. The highest BCUT2D eigenvalue weighted by molar-refractivity contribution is 5.75. The summed E-state index contributed by atoms with van der Waals surface area (Å²) in [5.74, 6) is 1.25. The van der Waals surface area contributed by atoms with E-state index in [0.29, 0.717) is 13.0 Å². The molecular weight excluding hydrogens is 238 g/mol. The van der Waals surface area contributed by atoms with Crippen LogP contribution in [0.5, 0.6) is 0 Å². The fourth-order valence-electron chi connectivity index (χ4n) is 3.57. The molecule has 0 aliphatic heterocycles. The van der Waals surface area contributed by atoms with Gasteiger partial charge in [-0.05, 0) is 25.2 Å². The zero-order chi connectivity index (χ0) is 13.5. The Morgan fingerprint density at radius 1 is 1.00 bits per heavy atom. The van der Waals surface area contributed by atoms with Crippen LogP contribution in [0.3, 0.4) is 0 Å². The Morgan fingerprint density at radius 3 is 2.42 bits per heavy atom. The Bertz CT molecular complexity index is 274. The van der Waals surface area contributed by atoms with Gasteiger partial charge in [0.25, 0.3) is 0 Å². The van der Waals surface area contributed by atoms with Crippen molar-refractivity contribution in [1.82, 2.24) is 5.32 Å². The number of amides is 1. The van der Waals surface area contributed by atoms with Gasteiger partial charge >= 0.3 is 0 Å². The van der Waals surface area contributed by atoms with Gasteiger partial charge in [-0.2, -0.15) is 0 Å². The van der Waals surface area contributed by atoms with E-state index in [9.17, 15) is 9.90 Å². The molecule has 19 heavy (non-hydrogen) atoms. The standard InChI is InChI=1S/C16H29NO2/c18-15-9-5-4-8-14(15)12-17-16(19)11-10-13-6-2-1-3-7-13/h13-15,18H,1-12H2,(H,17,19). The average molecular weight is 267 g/mol. The molecule has 0 aromatic rings. The van der Waals surface area contributed by atoms with Crippen LogP contribution in [0.4, 0.5) is 0 Å². The molecule has 0 aromatic carbocycles. The van der Waals surface area contributed by atoms with Crippen LogP contribution in [0.25, 0.3) is 0 Å². The number of carbonyl (C=O) groups excluding carboxylic acids is 1. The third kappa shape index (κ3) is 5.13. The van der Waals surface area contributed by atoms with Gasteiger partial charge in [-0.25, -0.2) is 0 Å². The van der Waals surface area contributed by atoms with E-state index in [0.717, 1.165) is 31.6 Å². The van der Waals surface area contributed by atoms with E-state index in [4.69, 9.17) is 0 Å². The molecule has 2 unspecified atom stereocenters. The van der Waals surface area contributed by atoms with Crippen LogP contribution in [0.15, 0.2) is 0 Å². The highest BCUT2D eigenvalue weighted by atomic mass is 16.3. The SMILES string of the molecule is O=C(CCC1CCCCC1)NCC1CCCCC1O. The highest BCUT2D eigenvalue weighted by Gasteiger charge is 2.23. The summed E-state index contributed by atoms with van der Waals surface area (Å²) in [6.07, 6.45) is 12.5. The highest BCUT2D eigenvalue weighted by Crippen LogP contribution is 2.27. The Kier molecular flexibility index (Phi) is 6.15. The second-order valence-corrected chi connectivity index (χ2v) is 6.46. The van der Waals surface area contributed by atoms with Crippen molar-refractivity contribution in [3.05, 3.63) is 0 Å². The lowest BCUT2D eigenvalue weighted by atomic mass is 9.85. The third-order valence-corrected chi connectivity index (χ3v) is 4.93. The molecule has 0 spiro atoms. The first-order valence-corrected chi connectivity index (χ1v) is 8.20. The Morgan fingerprint density at radius 2 is 1.68 bits per heavy atom. The molecule has 0 heterocycles. The fraction of sp³-hybridized carbons (Fsp3) is 0.938. The minimum atomic E-state index is -0.201. The maximum atomic E-state index is 11.8. The number of aliphatic hydroxyl groups is 1. The van der Waals surface area contributed by atoms with Crippen LogP contribution < -0.4 is 5.32 Å². The quantitative estimate of drug-likeness (QED) is 0.804. The average Bonchev–Trinajstić information content (AvgIpc) is 2.45.